The predicted molar refractivity (Wildman–Crippen MR) is 180 cm³/mol. The molecule has 2 atom stereocenters. The highest BCUT2D eigenvalue weighted by Gasteiger charge is 2.54. The highest BCUT2D eigenvalue weighted by Crippen LogP contribution is 2.45. The van der Waals surface area contributed by atoms with Crippen LogP contribution in [0.4, 0.5) is 13.2 Å². The van der Waals surface area contributed by atoms with Crippen LogP contribution in [0.3, 0.4) is 0 Å². The molecule has 49 heavy (non-hydrogen) atoms. The SMILES string of the molecule is O=C(NNCc1ccccc1C(F)(F)F)[C@@]1(CCS(=O)(=O)c2ccccc2)N=C(c2ccc(OCCCO)cc2)O[C@H]1c1ccccc1Br. The monoisotopic (exact) mass is 759 g/mol. The van der Waals surface area contributed by atoms with Gasteiger partial charge in [0.05, 0.1) is 22.8 Å². The lowest BCUT2D eigenvalue weighted by atomic mass is 9.85. The van der Waals surface area contributed by atoms with Crippen LogP contribution in [0.25, 0.3) is 0 Å². The summed E-state index contributed by atoms with van der Waals surface area (Å²) in [6.07, 6.45) is -5.65. The van der Waals surface area contributed by atoms with E-state index in [9.17, 15) is 26.4 Å². The Hall–Kier alpha value is -4.24. The van der Waals surface area contributed by atoms with Crippen molar-refractivity contribution in [3.05, 3.63) is 130 Å². The van der Waals surface area contributed by atoms with Crippen molar-refractivity contribution in [3.8, 4) is 5.75 Å². The van der Waals surface area contributed by atoms with Gasteiger partial charge in [-0.2, -0.15) is 13.2 Å². The third-order valence-corrected chi connectivity index (χ3v) is 10.3. The molecule has 0 spiro atoms. The van der Waals surface area contributed by atoms with Crippen LogP contribution in [-0.4, -0.2) is 49.8 Å². The van der Waals surface area contributed by atoms with E-state index in [1.54, 1.807) is 66.7 Å². The fourth-order valence-corrected chi connectivity index (χ4v) is 7.23. The van der Waals surface area contributed by atoms with Crippen molar-refractivity contribution in [1.29, 1.82) is 0 Å². The standard InChI is InChI=1S/C35H33BrF3N3O6S/c36-30-14-7-5-12-28(30)31-34(19-22-49(45,46)27-10-2-1-3-11-27,33(44)42-40-23-25-9-4-6-13-29(25)35(37,38)39)41-32(48-31)24-15-17-26(18-16-24)47-21-8-20-43/h1-7,9-18,31,40,43H,8,19-23H2,(H,42,44)/t31-,34-/m0/s1. The van der Waals surface area contributed by atoms with Crippen molar-refractivity contribution in [2.24, 2.45) is 4.99 Å². The highest BCUT2D eigenvalue weighted by atomic mass is 79.9. The molecule has 1 aliphatic heterocycles. The van der Waals surface area contributed by atoms with Crippen molar-refractivity contribution >= 4 is 37.6 Å². The van der Waals surface area contributed by atoms with E-state index in [4.69, 9.17) is 19.6 Å². The average Bonchev–Trinajstić information content (AvgIpc) is 3.49. The summed E-state index contributed by atoms with van der Waals surface area (Å²) in [6.45, 7) is -0.0985. The van der Waals surface area contributed by atoms with Gasteiger partial charge in [-0.05, 0) is 54.1 Å². The number of rotatable bonds is 14. The number of nitrogens with one attached hydrogen (secondary N) is 2. The van der Waals surface area contributed by atoms with Crippen LogP contribution in [-0.2, 0) is 32.1 Å². The van der Waals surface area contributed by atoms with Crippen molar-refractivity contribution in [2.75, 3.05) is 19.0 Å². The van der Waals surface area contributed by atoms with E-state index < -0.39 is 44.9 Å². The van der Waals surface area contributed by atoms with Crippen LogP contribution in [0.5, 0.6) is 5.75 Å². The van der Waals surface area contributed by atoms with Gasteiger partial charge in [-0.25, -0.2) is 18.8 Å². The number of hydrazine groups is 1. The fourth-order valence-electron chi connectivity index (χ4n) is 5.35. The van der Waals surface area contributed by atoms with Gasteiger partial charge in [-0.1, -0.05) is 70.5 Å². The number of hydrogen-bond acceptors (Lipinski definition) is 8. The van der Waals surface area contributed by atoms with Crippen molar-refractivity contribution in [2.45, 2.75) is 42.1 Å². The Kier molecular flexibility index (Phi) is 11.4. The second kappa shape index (κ2) is 15.5. The molecule has 0 unspecified atom stereocenters. The van der Waals surface area contributed by atoms with Gasteiger partial charge in [0.25, 0.3) is 5.91 Å². The maximum absolute atomic E-state index is 14.3. The minimum atomic E-state index is -4.61. The molecule has 1 heterocycles. The predicted octanol–water partition coefficient (Wildman–Crippen LogP) is 6.17. The number of benzene rings is 4. The average molecular weight is 761 g/mol. The molecule has 0 aromatic heterocycles. The second-order valence-corrected chi connectivity index (χ2v) is 14.1. The number of carbonyl (C=O) groups is 1. The number of ether oxygens (including phenoxy) is 2. The van der Waals surface area contributed by atoms with Crippen LogP contribution in [0.15, 0.2) is 117 Å². The molecule has 1 amide bonds. The minimum absolute atomic E-state index is 0.0208. The first kappa shape index (κ1) is 36.1. The first-order chi connectivity index (χ1) is 23.4. The van der Waals surface area contributed by atoms with Crippen LogP contribution in [0, 0.1) is 0 Å². The van der Waals surface area contributed by atoms with Gasteiger partial charge in [0.2, 0.25) is 5.90 Å². The maximum Gasteiger partial charge on any atom is 0.416 e. The molecule has 0 radical (unpaired) electrons. The van der Waals surface area contributed by atoms with Gasteiger partial charge in [0.1, 0.15) is 5.75 Å². The number of aliphatic hydroxyl groups is 1. The number of nitrogens with zero attached hydrogens (tertiary/aromatic N) is 1. The molecule has 14 heteroatoms. The summed E-state index contributed by atoms with van der Waals surface area (Å²) in [5.41, 5.74) is 3.21. The Morgan fingerprint density at radius 1 is 0.959 bits per heavy atom. The molecule has 9 nitrogen and oxygen atoms in total. The lowest BCUT2D eigenvalue weighted by Gasteiger charge is -2.31. The maximum atomic E-state index is 14.3. The van der Waals surface area contributed by atoms with E-state index in [-0.39, 0.29) is 35.9 Å². The van der Waals surface area contributed by atoms with E-state index in [1.807, 2.05) is 0 Å². The van der Waals surface area contributed by atoms with E-state index >= 15 is 0 Å². The van der Waals surface area contributed by atoms with Gasteiger partial charge in [-0.3, -0.25) is 10.2 Å². The summed E-state index contributed by atoms with van der Waals surface area (Å²) in [5, 5.41) is 9.04. The largest absolute Gasteiger partial charge is 0.494 e. The minimum Gasteiger partial charge on any atom is -0.494 e. The Labute approximate surface area is 290 Å². The summed E-state index contributed by atoms with van der Waals surface area (Å²) in [6, 6.07) is 26.4. The zero-order chi connectivity index (χ0) is 35.1. The summed E-state index contributed by atoms with van der Waals surface area (Å²) in [5.74, 6) is -0.725. The summed E-state index contributed by atoms with van der Waals surface area (Å²) >= 11 is 3.52. The number of hydrogen-bond donors (Lipinski definition) is 3. The molecule has 1 aliphatic rings. The van der Waals surface area contributed by atoms with Crippen molar-refractivity contribution < 1.29 is 41.0 Å². The smallest absolute Gasteiger partial charge is 0.416 e. The Balaban J connectivity index is 1.53. The van der Waals surface area contributed by atoms with E-state index in [0.717, 1.165) is 6.07 Å². The second-order valence-electron chi connectivity index (χ2n) is 11.2. The molecule has 258 valence electrons. The Bertz CT molecular complexity index is 1890. The normalized spacial score (nSPS) is 17.7. The molecule has 0 saturated heterocycles. The Morgan fingerprint density at radius 3 is 2.33 bits per heavy atom. The lowest BCUT2D eigenvalue weighted by molar-refractivity contribution is -0.138. The number of sulfone groups is 1. The fraction of sp³-hybridized carbons (Fsp3) is 0.257. The molecule has 4 aromatic rings. The summed E-state index contributed by atoms with van der Waals surface area (Å²) in [4.78, 5) is 19.2. The molecular weight excluding hydrogens is 727 g/mol. The zero-order valence-corrected chi connectivity index (χ0v) is 28.4. The van der Waals surface area contributed by atoms with Crippen LogP contribution in [0.2, 0.25) is 0 Å². The van der Waals surface area contributed by atoms with Crippen LogP contribution >= 0.6 is 15.9 Å². The lowest BCUT2D eigenvalue weighted by Crippen LogP contribution is -2.53. The van der Waals surface area contributed by atoms with Crippen LogP contribution in [0.1, 0.15) is 41.2 Å². The zero-order valence-electron chi connectivity index (χ0n) is 26.0. The molecule has 3 N–H and O–H groups in total. The highest BCUT2D eigenvalue weighted by molar-refractivity contribution is 9.10. The summed E-state index contributed by atoms with van der Waals surface area (Å²) in [7, 11) is -3.92. The topological polar surface area (TPSA) is 126 Å². The van der Waals surface area contributed by atoms with E-state index in [1.165, 1.54) is 30.3 Å². The van der Waals surface area contributed by atoms with Gasteiger partial charge in [-0.15, -0.1) is 0 Å². The van der Waals surface area contributed by atoms with Crippen molar-refractivity contribution in [3.63, 3.8) is 0 Å². The van der Waals surface area contributed by atoms with Gasteiger partial charge in [0, 0.05) is 41.6 Å². The van der Waals surface area contributed by atoms with Gasteiger partial charge in [0.15, 0.2) is 21.5 Å². The number of aliphatic imine (C=N–C) groups is 1. The molecular formula is C35H33BrF3N3O6S. The molecule has 0 bridgehead atoms. The van der Waals surface area contributed by atoms with E-state index in [2.05, 4.69) is 26.8 Å². The number of carbonyl (C=O) groups excluding carboxylic acids is 1. The first-order valence-corrected chi connectivity index (χ1v) is 17.7. The number of alkyl halides is 3. The van der Waals surface area contributed by atoms with Gasteiger partial charge < -0.3 is 14.6 Å². The molecule has 0 fully saturated rings. The summed E-state index contributed by atoms with van der Waals surface area (Å²) < 4.78 is 80.6. The molecule has 4 aromatic carbocycles. The number of aliphatic hydroxyl groups excluding tert-OH is 1. The molecule has 0 aliphatic carbocycles. The van der Waals surface area contributed by atoms with Crippen LogP contribution < -0.4 is 15.6 Å². The Morgan fingerprint density at radius 2 is 1.63 bits per heavy atom. The number of halogens is 4. The number of amides is 1. The quantitative estimate of drug-likeness (QED) is 0.104. The molecule has 0 saturated carbocycles. The third-order valence-electron chi connectivity index (χ3n) is 7.88. The van der Waals surface area contributed by atoms with E-state index in [0.29, 0.717) is 34.4 Å². The van der Waals surface area contributed by atoms with Gasteiger partial charge >= 0.3 is 6.18 Å². The van der Waals surface area contributed by atoms with Crippen molar-refractivity contribution in [1.82, 2.24) is 10.9 Å². The third kappa shape index (κ3) is 8.50. The first-order valence-electron chi connectivity index (χ1n) is 15.3. The molecule has 5 rings (SSSR count).